The van der Waals surface area contributed by atoms with Crippen LogP contribution in [0.3, 0.4) is 0 Å². The summed E-state index contributed by atoms with van der Waals surface area (Å²) in [6.45, 7) is 0. The fourth-order valence-electron chi connectivity index (χ4n) is 1.88. The molecule has 0 aliphatic rings. The molecular weight excluding hydrogens is 309 g/mol. The summed E-state index contributed by atoms with van der Waals surface area (Å²) in [7, 11) is 0. The van der Waals surface area contributed by atoms with Crippen molar-refractivity contribution >= 4 is 39.3 Å². The Kier molecular flexibility index (Phi) is 3.90. The number of aromatic nitrogens is 1. The third-order valence-corrected chi connectivity index (χ3v) is 5.15. The SMILES string of the molecule is O=C(O)c1cc(CSc2nc3ccccc3s2)ccc1F. The van der Waals surface area contributed by atoms with Crippen LogP contribution >= 0.6 is 23.1 Å². The Bertz CT molecular complexity index is 783. The zero-order valence-corrected chi connectivity index (χ0v) is 12.4. The quantitative estimate of drug-likeness (QED) is 0.723. The van der Waals surface area contributed by atoms with Crippen LogP contribution in [0.4, 0.5) is 4.39 Å². The van der Waals surface area contributed by atoms with Crippen molar-refractivity contribution in [3.05, 3.63) is 59.4 Å². The Hall–Kier alpha value is -1.92. The lowest BCUT2D eigenvalue weighted by Gasteiger charge is -2.02. The Morgan fingerprint density at radius 1 is 1.29 bits per heavy atom. The van der Waals surface area contributed by atoms with Gasteiger partial charge < -0.3 is 5.11 Å². The lowest BCUT2D eigenvalue weighted by Crippen LogP contribution is -2.01. The van der Waals surface area contributed by atoms with Crippen molar-refractivity contribution in [2.75, 3.05) is 0 Å². The fraction of sp³-hybridized carbons (Fsp3) is 0.0667. The van der Waals surface area contributed by atoms with Crippen LogP contribution in [0, 0.1) is 5.82 Å². The number of halogens is 1. The van der Waals surface area contributed by atoms with Gasteiger partial charge in [0.1, 0.15) is 5.82 Å². The smallest absolute Gasteiger partial charge is 0.338 e. The second-order valence-corrected chi connectivity index (χ2v) is 6.61. The van der Waals surface area contributed by atoms with Crippen LogP contribution in [0.15, 0.2) is 46.8 Å². The van der Waals surface area contributed by atoms with Crippen LogP contribution in [-0.4, -0.2) is 16.1 Å². The van der Waals surface area contributed by atoms with Crippen molar-refractivity contribution in [3.63, 3.8) is 0 Å². The van der Waals surface area contributed by atoms with E-state index in [4.69, 9.17) is 5.11 Å². The first-order chi connectivity index (χ1) is 10.1. The number of benzene rings is 2. The number of nitrogens with zero attached hydrogens (tertiary/aromatic N) is 1. The molecule has 1 N–H and O–H groups in total. The number of carboxylic acid groups (broad SMARTS) is 1. The van der Waals surface area contributed by atoms with Gasteiger partial charge in [-0.3, -0.25) is 0 Å². The predicted octanol–water partition coefficient (Wildman–Crippen LogP) is 4.43. The minimum Gasteiger partial charge on any atom is -0.478 e. The van der Waals surface area contributed by atoms with Gasteiger partial charge in [0.25, 0.3) is 0 Å². The topological polar surface area (TPSA) is 50.2 Å². The van der Waals surface area contributed by atoms with Gasteiger partial charge in [0, 0.05) is 5.75 Å². The molecule has 3 nitrogen and oxygen atoms in total. The third-order valence-electron chi connectivity index (χ3n) is 2.90. The largest absolute Gasteiger partial charge is 0.478 e. The number of aromatic carboxylic acids is 1. The summed E-state index contributed by atoms with van der Waals surface area (Å²) < 4.78 is 15.4. The standard InChI is InChI=1S/C15H10FNO2S2/c16-11-6-5-9(7-10(11)14(18)19)8-20-15-17-12-3-1-2-4-13(12)21-15/h1-7H,8H2,(H,18,19). The van der Waals surface area contributed by atoms with Crippen LogP contribution in [0.25, 0.3) is 10.2 Å². The predicted molar refractivity (Wildman–Crippen MR) is 82.5 cm³/mol. The van der Waals surface area contributed by atoms with Gasteiger partial charge in [-0.15, -0.1) is 11.3 Å². The molecule has 0 fully saturated rings. The number of carbonyl (C=O) groups is 1. The highest BCUT2D eigenvalue weighted by Gasteiger charge is 2.11. The summed E-state index contributed by atoms with van der Waals surface area (Å²) in [5.74, 6) is -1.41. The normalized spacial score (nSPS) is 10.9. The summed E-state index contributed by atoms with van der Waals surface area (Å²) in [5, 5.41) is 8.91. The van der Waals surface area contributed by atoms with Crippen LogP contribution in [0.5, 0.6) is 0 Å². The second-order valence-electron chi connectivity index (χ2n) is 4.36. The van der Waals surface area contributed by atoms with Gasteiger partial charge in [0.15, 0.2) is 4.34 Å². The van der Waals surface area contributed by atoms with Crippen LogP contribution < -0.4 is 0 Å². The number of carboxylic acids is 1. The van der Waals surface area contributed by atoms with E-state index in [2.05, 4.69) is 4.98 Å². The van der Waals surface area contributed by atoms with Crippen molar-refractivity contribution in [1.29, 1.82) is 0 Å². The first-order valence-electron chi connectivity index (χ1n) is 6.13. The summed E-state index contributed by atoms with van der Waals surface area (Å²) in [4.78, 5) is 15.4. The maximum Gasteiger partial charge on any atom is 0.338 e. The fourth-order valence-corrected chi connectivity index (χ4v) is 3.90. The lowest BCUT2D eigenvalue weighted by molar-refractivity contribution is 0.0692. The molecule has 1 aromatic heterocycles. The van der Waals surface area contributed by atoms with Gasteiger partial charge in [-0.25, -0.2) is 14.2 Å². The van der Waals surface area contributed by atoms with Crippen molar-refractivity contribution in [3.8, 4) is 0 Å². The summed E-state index contributed by atoms with van der Waals surface area (Å²) in [6, 6.07) is 12.0. The molecule has 0 unspecified atom stereocenters. The number of para-hydroxylation sites is 1. The van der Waals surface area contributed by atoms with E-state index in [0.29, 0.717) is 5.75 Å². The molecule has 21 heavy (non-hydrogen) atoms. The molecule has 3 rings (SSSR count). The van der Waals surface area contributed by atoms with E-state index >= 15 is 0 Å². The molecule has 0 aliphatic carbocycles. The van der Waals surface area contributed by atoms with Crippen molar-refractivity contribution in [2.24, 2.45) is 0 Å². The average molecular weight is 319 g/mol. The second kappa shape index (κ2) is 5.83. The molecular formula is C15H10FNO2S2. The highest BCUT2D eigenvalue weighted by molar-refractivity contribution is 8.00. The molecule has 0 bridgehead atoms. The molecule has 106 valence electrons. The van der Waals surface area contributed by atoms with E-state index < -0.39 is 11.8 Å². The molecule has 0 radical (unpaired) electrons. The van der Waals surface area contributed by atoms with Gasteiger partial charge in [0.05, 0.1) is 15.8 Å². The molecule has 0 saturated carbocycles. The van der Waals surface area contributed by atoms with E-state index in [1.165, 1.54) is 23.9 Å². The molecule has 0 amide bonds. The minimum atomic E-state index is -1.25. The van der Waals surface area contributed by atoms with Crippen molar-refractivity contribution < 1.29 is 14.3 Å². The number of thiazole rings is 1. The summed E-state index contributed by atoms with van der Waals surface area (Å²) in [5.41, 5.74) is 1.42. The first-order valence-corrected chi connectivity index (χ1v) is 7.94. The van der Waals surface area contributed by atoms with E-state index in [-0.39, 0.29) is 5.56 Å². The molecule has 0 atom stereocenters. The van der Waals surface area contributed by atoms with Crippen LogP contribution in [0.1, 0.15) is 15.9 Å². The average Bonchev–Trinajstić information content (AvgIpc) is 2.89. The van der Waals surface area contributed by atoms with E-state index in [0.717, 1.165) is 20.1 Å². The Balaban J connectivity index is 1.78. The monoisotopic (exact) mass is 319 g/mol. The van der Waals surface area contributed by atoms with Crippen molar-refractivity contribution in [2.45, 2.75) is 10.1 Å². The Morgan fingerprint density at radius 2 is 2.10 bits per heavy atom. The van der Waals surface area contributed by atoms with Gasteiger partial charge in [0.2, 0.25) is 0 Å². The molecule has 0 saturated heterocycles. The molecule has 2 aromatic carbocycles. The minimum absolute atomic E-state index is 0.294. The maximum atomic E-state index is 13.3. The van der Waals surface area contributed by atoms with Crippen LogP contribution in [0.2, 0.25) is 0 Å². The highest BCUT2D eigenvalue weighted by atomic mass is 32.2. The zero-order valence-electron chi connectivity index (χ0n) is 10.7. The zero-order chi connectivity index (χ0) is 14.8. The number of thioether (sulfide) groups is 1. The number of rotatable bonds is 4. The van der Waals surface area contributed by atoms with E-state index in [1.54, 1.807) is 17.4 Å². The van der Waals surface area contributed by atoms with Crippen molar-refractivity contribution in [1.82, 2.24) is 4.98 Å². The number of hydrogen-bond donors (Lipinski definition) is 1. The summed E-state index contributed by atoms with van der Waals surface area (Å²) >= 11 is 3.11. The molecule has 0 spiro atoms. The molecule has 6 heteroatoms. The summed E-state index contributed by atoms with van der Waals surface area (Å²) in [6.07, 6.45) is 0. The van der Waals surface area contributed by atoms with Crippen LogP contribution in [-0.2, 0) is 5.75 Å². The Labute approximate surface area is 128 Å². The van der Waals surface area contributed by atoms with Gasteiger partial charge in [-0.1, -0.05) is 30.0 Å². The maximum absolute atomic E-state index is 13.3. The van der Waals surface area contributed by atoms with Gasteiger partial charge >= 0.3 is 5.97 Å². The molecule has 1 heterocycles. The Morgan fingerprint density at radius 3 is 2.86 bits per heavy atom. The molecule has 0 aliphatic heterocycles. The van der Waals surface area contributed by atoms with Gasteiger partial charge in [-0.05, 0) is 29.8 Å². The van der Waals surface area contributed by atoms with Gasteiger partial charge in [-0.2, -0.15) is 0 Å². The number of fused-ring (bicyclic) bond motifs is 1. The lowest BCUT2D eigenvalue weighted by atomic mass is 10.1. The van der Waals surface area contributed by atoms with E-state index in [1.807, 2.05) is 24.3 Å². The van der Waals surface area contributed by atoms with E-state index in [9.17, 15) is 9.18 Å². The highest BCUT2D eigenvalue weighted by Crippen LogP contribution is 2.31. The third kappa shape index (κ3) is 3.06. The first kappa shape index (κ1) is 14.0. The number of hydrogen-bond acceptors (Lipinski definition) is 4. The molecule has 3 aromatic rings.